The van der Waals surface area contributed by atoms with Gasteiger partial charge in [0.05, 0.1) is 17.6 Å². The first-order chi connectivity index (χ1) is 12.7. The average Bonchev–Trinajstić information content (AvgIpc) is 3.24. The van der Waals surface area contributed by atoms with Crippen LogP contribution in [-0.2, 0) is 16.8 Å². The molecule has 3 N–H and O–H groups in total. The van der Waals surface area contributed by atoms with E-state index in [9.17, 15) is 9.59 Å². The number of rotatable bonds is 3. The molecule has 5 rings (SSSR count). The summed E-state index contributed by atoms with van der Waals surface area (Å²) in [7, 11) is 0. The summed E-state index contributed by atoms with van der Waals surface area (Å²) < 4.78 is 5.74. The molecule has 1 fully saturated rings. The van der Waals surface area contributed by atoms with Gasteiger partial charge in [-0.3, -0.25) is 4.79 Å². The van der Waals surface area contributed by atoms with Crippen LogP contribution >= 0.6 is 0 Å². The van der Waals surface area contributed by atoms with Crippen LogP contribution in [0.1, 0.15) is 24.0 Å². The van der Waals surface area contributed by atoms with Crippen LogP contribution in [0.2, 0.25) is 0 Å². The zero-order valence-electron chi connectivity index (χ0n) is 14.2. The molecule has 1 aromatic heterocycles. The van der Waals surface area contributed by atoms with Crippen LogP contribution in [0.5, 0.6) is 5.75 Å². The molecule has 0 saturated heterocycles. The summed E-state index contributed by atoms with van der Waals surface area (Å²) >= 11 is 0. The van der Waals surface area contributed by atoms with Gasteiger partial charge >= 0.3 is 5.69 Å². The number of aromatic nitrogens is 2. The van der Waals surface area contributed by atoms with Crippen molar-refractivity contribution in [2.45, 2.75) is 24.8 Å². The Kier molecular flexibility index (Phi) is 3.22. The predicted molar refractivity (Wildman–Crippen MR) is 97.1 cm³/mol. The van der Waals surface area contributed by atoms with E-state index in [1.54, 1.807) is 0 Å². The van der Waals surface area contributed by atoms with Crippen LogP contribution in [0.15, 0.2) is 47.3 Å². The fourth-order valence-electron chi connectivity index (χ4n) is 4.21. The van der Waals surface area contributed by atoms with Gasteiger partial charge in [-0.15, -0.1) is 0 Å². The lowest BCUT2D eigenvalue weighted by molar-refractivity contribution is -0.123. The lowest BCUT2D eigenvalue weighted by Crippen LogP contribution is -2.30. The summed E-state index contributed by atoms with van der Waals surface area (Å²) in [6.07, 6.45) is 1.77. The van der Waals surface area contributed by atoms with E-state index in [4.69, 9.17) is 4.74 Å². The van der Waals surface area contributed by atoms with Crippen molar-refractivity contribution in [3.8, 4) is 5.75 Å². The van der Waals surface area contributed by atoms with Gasteiger partial charge in [-0.1, -0.05) is 24.3 Å². The third-order valence-corrected chi connectivity index (χ3v) is 5.67. The summed E-state index contributed by atoms with van der Waals surface area (Å²) in [6, 6.07) is 13.7. The standard InChI is InChI=1S/C20H19N3O3/c24-18(21-11-12-5-6-15-16(9-12)23-19(25)22-15)14-10-20(14)7-8-26-17-4-2-1-3-13(17)20/h1-6,9,14H,7-8,10-11H2,(H,21,24)(H2,22,23,25). The second-order valence-corrected chi connectivity index (χ2v) is 7.18. The molecule has 2 heterocycles. The van der Waals surface area contributed by atoms with Crippen molar-refractivity contribution in [3.63, 3.8) is 0 Å². The zero-order chi connectivity index (χ0) is 17.7. The van der Waals surface area contributed by atoms with Crippen molar-refractivity contribution in [2.75, 3.05) is 6.61 Å². The molecule has 132 valence electrons. The fraction of sp³-hybridized carbons (Fsp3) is 0.300. The minimum absolute atomic E-state index is 0.00310. The molecule has 26 heavy (non-hydrogen) atoms. The molecule has 2 unspecified atom stereocenters. The van der Waals surface area contributed by atoms with E-state index in [2.05, 4.69) is 21.4 Å². The summed E-state index contributed by atoms with van der Waals surface area (Å²) in [5, 5.41) is 3.05. The maximum atomic E-state index is 12.7. The second-order valence-electron chi connectivity index (χ2n) is 7.18. The Labute approximate surface area is 149 Å². The maximum Gasteiger partial charge on any atom is 0.323 e. The number of imidazole rings is 1. The molecular weight excluding hydrogens is 330 g/mol. The lowest BCUT2D eigenvalue weighted by Gasteiger charge is -2.26. The first-order valence-corrected chi connectivity index (χ1v) is 8.87. The van der Waals surface area contributed by atoms with Crippen LogP contribution < -0.4 is 15.7 Å². The number of hydrogen-bond acceptors (Lipinski definition) is 3. The number of fused-ring (bicyclic) bond motifs is 3. The number of nitrogens with one attached hydrogen (secondary N) is 3. The summed E-state index contributed by atoms with van der Waals surface area (Å²) in [5.74, 6) is 1.00. The Morgan fingerprint density at radius 1 is 1.19 bits per heavy atom. The number of amides is 1. The van der Waals surface area contributed by atoms with E-state index >= 15 is 0 Å². The SMILES string of the molecule is O=C(NCc1ccc2[nH]c(=O)[nH]c2c1)C1CC12CCOc1ccccc12. The molecule has 3 aromatic rings. The van der Waals surface area contributed by atoms with Gasteiger partial charge in [0.25, 0.3) is 0 Å². The van der Waals surface area contributed by atoms with Crippen molar-refractivity contribution in [2.24, 2.45) is 5.92 Å². The average molecular weight is 349 g/mol. The molecule has 2 aliphatic rings. The van der Waals surface area contributed by atoms with Gasteiger partial charge < -0.3 is 20.0 Å². The molecule has 1 amide bonds. The monoisotopic (exact) mass is 349 g/mol. The number of carbonyl (C=O) groups is 1. The van der Waals surface area contributed by atoms with E-state index in [1.165, 1.54) is 0 Å². The zero-order valence-corrected chi connectivity index (χ0v) is 14.2. The van der Waals surface area contributed by atoms with Gasteiger partial charge in [0.15, 0.2) is 0 Å². The number of benzene rings is 2. The molecule has 2 aromatic carbocycles. The van der Waals surface area contributed by atoms with Crippen molar-refractivity contribution >= 4 is 16.9 Å². The Bertz CT molecular complexity index is 1070. The minimum atomic E-state index is -0.223. The molecule has 1 spiro atoms. The third kappa shape index (κ3) is 2.33. The normalized spacial score (nSPS) is 23.5. The number of aromatic amines is 2. The van der Waals surface area contributed by atoms with E-state index < -0.39 is 0 Å². The Hall–Kier alpha value is -3.02. The summed E-state index contributed by atoms with van der Waals surface area (Å²) in [4.78, 5) is 29.5. The Balaban J connectivity index is 1.30. The van der Waals surface area contributed by atoms with E-state index in [0.29, 0.717) is 13.2 Å². The number of H-pyrrole nitrogens is 2. The van der Waals surface area contributed by atoms with Crippen molar-refractivity contribution in [1.29, 1.82) is 0 Å². The molecule has 1 aliphatic heterocycles. The number of carbonyl (C=O) groups excluding carboxylic acids is 1. The van der Waals surface area contributed by atoms with Crippen LogP contribution in [0.3, 0.4) is 0 Å². The predicted octanol–water partition coefficient (Wildman–Crippen LogP) is 2.21. The van der Waals surface area contributed by atoms with Gasteiger partial charge in [0.2, 0.25) is 5.91 Å². The smallest absolute Gasteiger partial charge is 0.323 e. The quantitative estimate of drug-likeness (QED) is 0.677. The fourth-order valence-corrected chi connectivity index (χ4v) is 4.21. The van der Waals surface area contributed by atoms with Crippen molar-refractivity contribution in [3.05, 3.63) is 64.1 Å². The largest absolute Gasteiger partial charge is 0.493 e. The number of para-hydroxylation sites is 1. The summed E-state index contributed by atoms with van der Waals surface area (Å²) in [5.41, 5.74) is 3.36. The van der Waals surface area contributed by atoms with Crippen LogP contribution in [0, 0.1) is 5.92 Å². The first kappa shape index (κ1) is 15.3. The van der Waals surface area contributed by atoms with Crippen molar-refractivity contribution < 1.29 is 9.53 Å². The molecular formula is C20H19N3O3. The van der Waals surface area contributed by atoms with Crippen LogP contribution in [-0.4, -0.2) is 22.5 Å². The Morgan fingerprint density at radius 3 is 2.96 bits per heavy atom. The molecule has 0 radical (unpaired) electrons. The van der Waals surface area contributed by atoms with Gasteiger partial charge in [0, 0.05) is 23.4 Å². The van der Waals surface area contributed by atoms with Crippen LogP contribution in [0.25, 0.3) is 11.0 Å². The Morgan fingerprint density at radius 2 is 2.04 bits per heavy atom. The van der Waals surface area contributed by atoms with Gasteiger partial charge in [-0.25, -0.2) is 4.79 Å². The molecule has 0 bridgehead atoms. The van der Waals surface area contributed by atoms with Gasteiger partial charge in [0.1, 0.15) is 5.75 Å². The molecule has 6 heteroatoms. The third-order valence-electron chi connectivity index (χ3n) is 5.67. The summed E-state index contributed by atoms with van der Waals surface area (Å²) in [6.45, 7) is 1.12. The lowest BCUT2D eigenvalue weighted by atomic mass is 9.87. The van der Waals surface area contributed by atoms with Crippen molar-refractivity contribution in [1.82, 2.24) is 15.3 Å². The first-order valence-electron chi connectivity index (χ1n) is 8.87. The highest BCUT2D eigenvalue weighted by Gasteiger charge is 2.60. The highest BCUT2D eigenvalue weighted by molar-refractivity contribution is 5.85. The van der Waals surface area contributed by atoms with E-state index in [1.807, 2.05) is 36.4 Å². The molecule has 1 aliphatic carbocycles. The number of ether oxygens (including phenoxy) is 1. The molecule has 2 atom stereocenters. The van der Waals surface area contributed by atoms with E-state index in [-0.39, 0.29) is 22.9 Å². The molecule has 1 saturated carbocycles. The highest BCUT2D eigenvalue weighted by Crippen LogP contribution is 2.60. The maximum absolute atomic E-state index is 12.7. The minimum Gasteiger partial charge on any atom is -0.493 e. The van der Waals surface area contributed by atoms with Gasteiger partial charge in [-0.2, -0.15) is 0 Å². The number of hydrogen-bond donors (Lipinski definition) is 3. The molecule has 6 nitrogen and oxygen atoms in total. The van der Waals surface area contributed by atoms with Gasteiger partial charge in [-0.05, 0) is 36.6 Å². The topological polar surface area (TPSA) is 87.0 Å². The van der Waals surface area contributed by atoms with E-state index in [0.717, 1.165) is 40.8 Å². The highest BCUT2D eigenvalue weighted by atomic mass is 16.5. The van der Waals surface area contributed by atoms with Crippen LogP contribution in [0.4, 0.5) is 0 Å². The second kappa shape index (κ2) is 5.49.